The first-order valence-corrected chi connectivity index (χ1v) is 20.9. The van der Waals surface area contributed by atoms with Crippen LogP contribution >= 0.6 is 7.26 Å². The van der Waals surface area contributed by atoms with Crippen LogP contribution in [-0.2, 0) is 0 Å². The molecule has 242 valence electrons. The first-order valence-electron chi connectivity index (χ1n) is 18.3. The highest BCUT2D eigenvalue weighted by atomic mass is 31.2. The van der Waals surface area contributed by atoms with Gasteiger partial charge in [-0.05, 0) is 75.6 Å². The summed E-state index contributed by atoms with van der Waals surface area (Å²) >= 11 is 0. The Labute approximate surface area is 258 Å². The molecule has 0 saturated carbocycles. The number of unbranched alkanes of at least 4 members (excludes halogenated alkanes) is 20. The smallest absolute Gasteiger partial charge is 0.123 e. The van der Waals surface area contributed by atoms with Crippen LogP contribution in [0.25, 0.3) is 0 Å². The molecule has 0 aliphatic rings. The topological polar surface area (TPSA) is 20.2 Å². The van der Waals surface area contributed by atoms with Gasteiger partial charge in [-0.2, -0.15) is 0 Å². The normalized spacial score (nSPS) is 11.4. The fourth-order valence-corrected chi connectivity index (χ4v) is 10.9. The Morgan fingerprint density at radius 3 is 0.927 bits per heavy atom. The lowest BCUT2D eigenvalue weighted by molar-refractivity contribution is 0.473. The minimum Gasteiger partial charge on any atom is -0.508 e. The van der Waals surface area contributed by atoms with E-state index in [0.717, 1.165) is 0 Å². The second-order valence-electron chi connectivity index (χ2n) is 12.8. The van der Waals surface area contributed by atoms with Crippen molar-refractivity contribution in [2.24, 2.45) is 0 Å². The van der Waals surface area contributed by atoms with Crippen LogP contribution in [0.15, 0.2) is 24.3 Å². The summed E-state index contributed by atoms with van der Waals surface area (Å²) in [6.45, 7) is 9.41. The van der Waals surface area contributed by atoms with Crippen LogP contribution in [0.4, 0.5) is 4.39 Å². The molecule has 0 unspecified atom stereocenters. The number of aromatic hydroxyl groups is 1. The number of phenolic OH excluding ortho intramolecular Hbond substituents is 1. The molecule has 0 spiro atoms. The highest BCUT2D eigenvalue weighted by molar-refractivity contribution is 7.75. The maximum Gasteiger partial charge on any atom is 0.123 e. The van der Waals surface area contributed by atoms with Crippen molar-refractivity contribution in [1.82, 2.24) is 0 Å². The maximum absolute atomic E-state index is 12.0. The van der Waals surface area contributed by atoms with Gasteiger partial charge in [-0.15, -0.1) is 0 Å². The van der Waals surface area contributed by atoms with Crippen molar-refractivity contribution in [2.45, 2.75) is 182 Å². The molecule has 0 atom stereocenters. The van der Waals surface area contributed by atoms with Gasteiger partial charge in [-0.1, -0.05) is 130 Å². The van der Waals surface area contributed by atoms with E-state index in [1.165, 1.54) is 153 Å². The number of benzene rings is 1. The first-order chi connectivity index (χ1) is 20.0. The van der Waals surface area contributed by atoms with Crippen molar-refractivity contribution in [3.05, 3.63) is 30.1 Å². The van der Waals surface area contributed by atoms with Gasteiger partial charge in [0.15, 0.2) is 0 Å². The van der Waals surface area contributed by atoms with Gasteiger partial charge in [0.05, 0.1) is 24.6 Å². The number of rotatable bonds is 28. The summed E-state index contributed by atoms with van der Waals surface area (Å²) in [6, 6.07) is 5.01. The summed E-state index contributed by atoms with van der Waals surface area (Å²) in [7, 11) is -0.697. The third-order valence-electron chi connectivity index (χ3n) is 8.77. The fraction of sp³-hybridized carbons (Fsp3) is 0.842. The molecule has 0 bridgehead atoms. The SMILES string of the molecule is CCCCCCCCCCCCCC[P+](CCCCCC)(CCCCCC)CCCCCC.Oc1ccc(F)cc1. The largest absolute Gasteiger partial charge is 0.508 e. The fourth-order valence-electron chi connectivity index (χ4n) is 6.02. The standard InChI is InChI=1S/C32H68P.C6H5FO/c1-5-9-13-17-18-19-20-21-22-23-24-28-32-33(29-25-14-10-6-2,30-26-15-11-7-3)31-27-16-12-8-4;7-5-1-3-6(8)4-2-5/h5-32H2,1-4H3;1-4,8H/q+1;. The van der Waals surface area contributed by atoms with Gasteiger partial charge >= 0.3 is 0 Å². The first kappa shape index (κ1) is 40.4. The number of halogens is 1. The Morgan fingerprint density at radius 2 is 0.659 bits per heavy atom. The van der Waals surface area contributed by atoms with Gasteiger partial charge in [0.25, 0.3) is 0 Å². The minimum absolute atomic E-state index is 0.0893. The summed E-state index contributed by atoms with van der Waals surface area (Å²) in [4.78, 5) is 0. The number of hydrogen-bond acceptors (Lipinski definition) is 1. The molecule has 1 rings (SSSR count). The zero-order valence-electron chi connectivity index (χ0n) is 28.4. The zero-order chi connectivity index (χ0) is 30.3. The van der Waals surface area contributed by atoms with Gasteiger partial charge in [0, 0.05) is 7.26 Å². The van der Waals surface area contributed by atoms with Crippen LogP contribution in [0.1, 0.15) is 182 Å². The summed E-state index contributed by atoms with van der Waals surface area (Å²) in [5.41, 5.74) is 0. The van der Waals surface area contributed by atoms with Crippen LogP contribution in [0.5, 0.6) is 5.75 Å². The molecule has 0 amide bonds. The van der Waals surface area contributed by atoms with Crippen LogP contribution in [-0.4, -0.2) is 29.8 Å². The van der Waals surface area contributed by atoms with Gasteiger partial charge in [-0.3, -0.25) is 0 Å². The monoisotopic (exact) mass is 596 g/mol. The van der Waals surface area contributed by atoms with Crippen molar-refractivity contribution in [3.8, 4) is 5.75 Å². The molecule has 41 heavy (non-hydrogen) atoms. The molecule has 0 aliphatic heterocycles. The highest BCUT2D eigenvalue weighted by Crippen LogP contribution is 2.61. The van der Waals surface area contributed by atoms with Crippen molar-refractivity contribution >= 4 is 7.26 Å². The molecule has 0 aromatic heterocycles. The summed E-state index contributed by atoms with van der Waals surface area (Å²) in [5.74, 6) is -0.241. The van der Waals surface area contributed by atoms with Crippen molar-refractivity contribution in [2.75, 3.05) is 24.6 Å². The molecule has 0 heterocycles. The average Bonchev–Trinajstić information content (AvgIpc) is 2.98. The molecule has 0 aliphatic carbocycles. The van der Waals surface area contributed by atoms with E-state index in [2.05, 4.69) is 27.7 Å². The Balaban J connectivity index is 0.00000170. The summed E-state index contributed by atoms with van der Waals surface area (Å²) in [6.07, 6.45) is 42.1. The van der Waals surface area contributed by atoms with E-state index >= 15 is 0 Å². The van der Waals surface area contributed by atoms with Crippen LogP contribution < -0.4 is 0 Å². The molecule has 0 saturated heterocycles. The van der Waals surface area contributed by atoms with E-state index in [0.29, 0.717) is 0 Å². The van der Waals surface area contributed by atoms with Crippen LogP contribution in [0.2, 0.25) is 0 Å². The molecule has 3 heteroatoms. The minimum atomic E-state index is -0.697. The van der Waals surface area contributed by atoms with Gasteiger partial charge in [-0.25, -0.2) is 4.39 Å². The second-order valence-corrected chi connectivity index (χ2v) is 17.3. The summed E-state index contributed by atoms with van der Waals surface area (Å²) < 4.78 is 12.0. The van der Waals surface area contributed by atoms with E-state index in [1.54, 1.807) is 50.3 Å². The van der Waals surface area contributed by atoms with Crippen LogP contribution in [0, 0.1) is 5.82 Å². The number of phenols is 1. The van der Waals surface area contributed by atoms with Gasteiger partial charge < -0.3 is 5.11 Å². The Bertz CT molecular complexity index is 579. The molecular weight excluding hydrogens is 522 g/mol. The van der Waals surface area contributed by atoms with Gasteiger partial charge in [0.1, 0.15) is 11.6 Å². The number of hydrogen-bond donors (Lipinski definition) is 1. The van der Waals surface area contributed by atoms with E-state index in [9.17, 15) is 4.39 Å². The molecule has 1 aromatic carbocycles. The highest BCUT2D eigenvalue weighted by Gasteiger charge is 2.34. The van der Waals surface area contributed by atoms with E-state index in [1.807, 2.05) is 0 Å². The predicted octanol–water partition coefficient (Wildman–Crippen LogP) is 14.0. The molecule has 0 fully saturated rings. The third-order valence-corrected chi connectivity index (χ3v) is 13.8. The molecule has 0 radical (unpaired) electrons. The van der Waals surface area contributed by atoms with Gasteiger partial charge in [0.2, 0.25) is 0 Å². The quantitative estimate of drug-likeness (QED) is 0.0754. The van der Waals surface area contributed by atoms with E-state index in [-0.39, 0.29) is 11.6 Å². The Hall–Kier alpha value is -0.620. The van der Waals surface area contributed by atoms with Crippen molar-refractivity contribution in [1.29, 1.82) is 0 Å². The molecule has 1 N–H and O–H groups in total. The average molecular weight is 596 g/mol. The zero-order valence-corrected chi connectivity index (χ0v) is 29.3. The van der Waals surface area contributed by atoms with Crippen molar-refractivity contribution in [3.63, 3.8) is 0 Å². The molecule has 1 nitrogen and oxygen atoms in total. The molecular formula is C38H73FOP+. The molecule has 1 aromatic rings. The van der Waals surface area contributed by atoms with E-state index in [4.69, 9.17) is 5.11 Å². The lowest BCUT2D eigenvalue weighted by atomic mass is 10.1. The maximum atomic E-state index is 12.0. The Kier molecular flexibility index (Phi) is 30.4. The third kappa shape index (κ3) is 26.7. The lowest BCUT2D eigenvalue weighted by Crippen LogP contribution is -2.13. The predicted molar refractivity (Wildman–Crippen MR) is 188 cm³/mol. The Morgan fingerprint density at radius 1 is 0.415 bits per heavy atom. The summed E-state index contributed by atoms with van der Waals surface area (Å²) in [5, 5.41) is 8.59. The van der Waals surface area contributed by atoms with Crippen LogP contribution in [0.3, 0.4) is 0 Å². The second kappa shape index (κ2) is 30.8. The lowest BCUT2D eigenvalue weighted by Gasteiger charge is -2.28. The van der Waals surface area contributed by atoms with E-state index < -0.39 is 7.26 Å². The van der Waals surface area contributed by atoms with Crippen molar-refractivity contribution < 1.29 is 9.50 Å².